The van der Waals surface area contributed by atoms with Crippen LogP contribution < -0.4 is 22.2 Å². The first kappa shape index (κ1) is 37.5. The number of β-lactam (4-membered cyclic amide) rings is 2. The number of carboxylic acid groups (broad SMARTS) is 2. The third kappa shape index (κ3) is 6.48. The zero-order chi connectivity index (χ0) is 37.7. The smallest absolute Gasteiger partial charge is 0.352 e. The van der Waals surface area contributed by atoms with E-state index in [9.17, 15) is 47.1 Å². The maximum atomic E-state index is 12.9. The summed E-state index contributed by atoms with van der Waals surface area (Å²) < 4.78 is 23.6. The van der Waals surface area contributed by atoms with Gasteiger partial charge in [-0.2, -0.15) is 4.98 Å². The molecule has 4 aliphatic rings. The van der Waals surface area contributed by atoms with Gasteiger partial charge in [-0.1, -0.05) is 16.9 Å². The molecule has 3 saturated heterocycles. The molecule has 0 unspecified atom stereocenters. The number of nitrogen functional groups attached to an aromatic ring is 1. The molecule has 51 heavy (non-hydrogen) atoms. The number of aryl methyl sites for hydroxylation is 1. The van der Waals surface area contributed by atoms with Crippen molar-refractivity contribution in [3.63, 3.8) is 0 Å². The third-order valence-corrected chi connectivity index (χ3v) is 14.2. The Hall–Kier alpha value is -4.75. The van der Waals surface area contributed by atoms with E-state index in [0.717, 1.165) is 32.9 Å². The minimum atomic E-state index is -3.57. The van der Waals surface area contributed by atoms with Gasteiger partial charge in [-0.3, -0.25) is 38.7 Å². The first-order chi connectivity index (χ1) is 23.8. The Morgan fingerprint density at radius 3 is 2.45 bits per heavy atom. The van der Waals surface area contributed by atoms with E-state index in [1.165, 1.54) is 49.8 Å². The summed E-state index contributed by atoms with van der Waals surface area (Å²) in [4.78, 5) is 97.4. The largest absolute Gasteiger partial charge is 0.480 e. The number of nitrogens with zero attached hydrogens (tertiary/aromatic N) is 6. The Bertz CT molecular complexity index is 2140. The van der Waals surface area contributed by atoms with E-state index in [1.54, 1.807) is 0 Å². The molecule has 4 atom stereocenters. The number of aromatic amines is 1. The highest BCUT2D eigenvalue weighted by Crippen LogP contribution is 2.45. The summed E-state index contributed by atoms with van der Waals surface area (Å²) in [6, 6.07) is -2.25. The molecule has 0 bridgehead atoms. The molecule has 6 rings (SSSR count). The quantitative estimate of drug-likeness (QED) is 0.0581. The average molecular weight is 788 g/mol. The molecule has 274 valence electrons. The zero-order valence-electron chi connectivity index (χ0n) is 26.9. The van der Waals surface area contributed by atoms with E-state index in [-0.39, 0.29) is 45.3 Å². The van der Waals surface area contributed by atoms with Crippen molar-refractivity contribution in [2.45, 2.75) is 53.0 Å². The normalized spacial score (nSPS) is 24.4. The molecule has 0 saturated carbocycles. The zero-order valence-corrected chi connectivity index (χ0v) is 30.1. The Morgan fingerprint density at radius 1 is 1.22 bits per heavy atom. The van der Waals surface area contributed by atoms with Gasteiger partial charge >= 0.3 is 23.1 Å². The van der Waals surface area contributed by atoms with Gasteiger partial charge in [-0.25, -0.2) is 23.0 Å². The van der Waals surface area contributed by atoms with Crippen LogP contribution in [0.15, 0.2) is 36.6 Å². The summed E-state index contributed by atoms with van der Waals surface area (Å²) in [6.07, 6.45) is -0.0878. The van der Waals surface area contributed by atoms with E-state index in [0.29, 0.717) is 5.57 Å². The summed E-state index contributed by atoms with van der Waals surface area (Å²) in [7, 11) is -0.831. The lowest BCUT2D eigenvalue weighted by atomic mass is 9.98. The van der Waals surface area contributed by atoms with Gasteiger partial charge in [0.15, 0.2) is 25.8 Å². The average Bonchev–Trinajstić information content (AvgIpc) is 3.53. The number of aromatic nitrogens is 4. The molecule has 0 aromatic carbocycles. The van der Waals surface area contributed by atoms with Crippen molar-refractivity contribution >= 4 is 85.2 Å². The topological polar surface area (TPSA) is 307 Å². The van der Waals surface area contributed by atoms with Crippen LogP contribution in [0.5, 0.6) is 0 Å². The second-order valence-corrected chi connectivity index (χ2v) is 17.3. The van der Waals surface area contributed by atoms with Crippen LogP contribution in [0.25, 0.3) is 0 Å². The maximum Gasteiger partial charge on any atom is 0.352 e. The number of carbonyl (C=O) groups is 5. The summed E-state index contributed by atoms with van der Waals surface area (Å²) in [6.45, 7) is 2.71. The monoisotopic (exact) mass is 787 g/mol. The van der Waals surface area contributed by atoms with Crippen LogP contribution in [0.3, 0.4) is 0 Å². The van der Waals surface area contributed by atoms with Gasteiger partial charge in [0.25, 0.3) is 11.8 Å². The van der Waals surface area contributed by atoms with Gasteiger partial charge in [0.05, 0.1) is 11.2 Å². The van der Waals surface area contributed by atoms with Crippen molar-refractivity contribution in [2.75, 3.05) is 24.3 Å². The molecule has 6 heterocycles. The van der Waals surface area contributed by atoms with Crippen LogP contribution in [-0.4, -0.2) is 130 Å². The lowest BCUT2D eigenvalue weighted by Gasteiger charge is -2.49. The summed E-state index contributed by atoms with van der Waals surface area (Å²) in [5.41, 5.74) is 4.00. The number of aliphatic carboxylic acids is 2. The number of amides is 3. The van der Waals surface area contributed by atoms with Crippen molar-refractivity contribution in [1.82, 2.24) is 34.9 Å². The maximum absolute atomic E-state index is 12.9. The van der Waals surface area contributed by atoms with Crippen LogP contribution in [-0.2, 0) is 45.7 Å². The molecule has 0 aliphatic carbocycles. The van der Waals surface area contributed by atoms with E-state index in [2.05, 4.69) is 25.5 Å². The fourth-order valence-electron chi connectivity index (χ4n) is 5.67. The minimum Gasteiger partial charge on any atom is -0.480 e. The molecule has 4 aliphatic heterocycles. The van der Waals surface area contributed by atoms with Gasteiger partial charge in [0, 0.05) is 23.9 Å². The Kier molecular flexibility index (Phi) is 10.1. The van der Waals surface area contributed by atoms with Crippen LogP contribution in [0, 0.1) is 0 Å². The SMILES string of the molecule is CC1(C)[C@H](C(=O)O)N2C(=O)C[C@H]2S1(=O)=O.CO/N=C(\C(=O)N[C@@H]1C(=O)N2C(C(=O)O)=C(CSc3nc(=O)c(=O)[nH]n3C)CS[C@H]12)c1csc(N)n1. The molecule has 21 nitrogen and oxygen atoms in total. The van der Waals surface area contributed by atoms with E-state index >= 15 is 0 Å². The lowest BCUT2D eigenvalue weighted by Crippen LogP contribution is -2.71. The van der Waals surface area contributed by atoms with E-state index in [4.69, 9.17) is 15.7 Å². The van der Waals surface area contributed by atoms with Crippen LogP contribution in [0.1, 0.15) is 26.0 Å². The first-order valence-electron chi connectivity index (χ1n) is 14.4. The first-order valence-corrected chi connectivity index (χ1v) is 18.9. The number of rotatable bonds is 9. The van der Waals surface area contributed by atoms with Crippen LogP contribution in [0.2, 0.25) is 0 Å². The number of nitrogens with one attached hydrogen (secondary N) is 2. The highest BCUT2D eigenvalue weighted by molar-refractivity contribution is 8.01. The third-order valence-electron chi connectivity index (χ3n) is 8.23. The highest BCUT2D eigenvalue weighted by atomic mass is 32.2. The predicted molar refractivity (Wildman–Crippen MR) is 180 cm³/mol. The second kappa shape index (κ2) is 13.8. The fourth-order valence-corrected chi connectivity index (χ4v) is 10.7. The van der Waals surface area contributed by atoms with Gasteiger partial charge in [0.1, 0.15) is 41.3 Å². The summed E-state index contributed by atoms with van der Waals surface area (Å²) in [5.74, 6) is -3.96. The molecule has 0 spiro atoms. The van der Waals surface area contributed by atoms with Crippen molar-refractivity contribution in [3.8, 4) is 0 Å². The molecular formula is C26H29N9O12S4. The van der Waals surface area contributed by atoms with Crippen LogP contribution in [0.4, 0.5) is 5.13 Å². The highest BCUT2D eigenvalue weighted by Gasteiger charge is 2.67. The molecule has 2 aromatic rings. The Morgan fingerprint density at radius 2 is 1.90 bits per heavy atom. The van der Waals surface area contributed by atoms with Gasteiger partial charge in [0.2, 0.25) is 5.91 Å². The van der Waals surface area contributed by atoms with Gasteiger partial charge in [-0.15, -0.1) is 23.1 Å². The number of carbonyl (C=O) groups excluding carboxylic acids is 3. The molecule has 0 radical (unpaired) electrons. The van der Waals surface area contributed by atoms with Gasteiger partial charge in [-0.05, 0) is 19.4 Å². The van der Waals surface area contributed by atoms with Crippen molar-refractivity contribution in [2.24, 2.45) is 12.2 Å². The molecule has 25 heteroatoms. The minimum absolute atomic E-state index is 0.0878. The number of H-pyrrole nitrogens is 1. The van der Waals surface area contributed by atoms with E-state index < -0.39 is 78.2 Å². The number of carboxylic acids is 2. The number of anilines is 1. The number of thioether (sulfide) groups is 2. The second-order valence-electron chi connectivity index (χ2n) is 11.6. The molecular weight excluding hydrogens is 759 g/mol. The van der Waals surface area contributed by atoms with Crippen molar-refractivity contribution in [3.05, 3.63) is 43.1 Å². The predicted octanol–water partition coefficient (Wildman–Crippen LogP) is -2.41. The molecule has 3 fully saturated rings. The number of oxime groups is 1. The van der Waals surface area contributed by atoms with Crippen LogP contribution >= 0.6 is 34.9 Å². The van der Waals surface area contributed by atoms with Crippen molar-refractivity contribution in [1.29, 1.82) is 0 Å². The molecule has 6 N–H and O–H groups in total. The fraction of sp³-hybridized carbons (Fsp3) is 0.462. The standard InChI is InChI=1S/C18H18N8O7S3.C8H11NO5S/c1-25-18(22-12(28)13(29)23-25)36-4-6-3-34-15-9(14(30)26(15)10(6)16(31)32)21-11(27)8(24-33-2)7-5-35-17(19)20-7;1-8(2)6(7(11)12)9-4(10)3-5(9)15(8,13)14/h5,9,15H,3-4H2,1-2H3,(H2,19,20)(H,21,27)(H,23,29)(H,31,32);5-6H,3H2,1-2H3,(H,11,12)/b24-8-;/t9-,15-;5-,6+/m11/s1. The summed E-state index contributed by atoms with van der Waals surface area (Å²) in [5, 5.41) is 27.7. The number of thiazole rings is 1. The molecule has 2 aromatic heterocycles. The number of fused-ring (bicyclic) bond motifs is 2. The molecule has 3 amide bonds. The lowest BCUT2D eigenvalue weighted by molar-refractivity contribution is -0.157. The number of hydrogen-bond acceptors (Lipinski definition) is 17. The Labute approximate surface area is 299 Å². The number of hydrogen-bond donors (Lipinski definition) is 5. The summed E-state index contributed by atoms with van der Waals surface area (Å²) >= 11 is 3.41. The van der Waals surface area contributed by atoms with Crippen molar-refractivity contribution < 1.29 is 47.4 Å². The number of nitrogens with two attached hydrogens (primary N) is 1. The van der Waals surface area contributed by atoms with E-state index in [1.807, 2.05) is 0 Å². The Balaban J connectivity index is 0.000000279. The number of sulfone groups is 1. The van der Waals surface area contributed by atoms with Gasteiger partial charge < -0.3 is 31.0 Å².